The summed E-state index contributed by atoms with van der Waals surface area (Å²) in [6.07, 6.45) is 3.42. The Bertz CT molecular complexity index is 618. The zero-order valence-electron chi connectivity index (χ0n) is 17.4. The Balaban J connectivity index is 1.73. The average Bonchev–Trinajstić information content (AvgIpc) is 3.25. The molecule has 8 nitrogen and oxygen atoms in total. The number of guanidine groups is 1. The summed E-state index contributed by atoms with van der Waals surface area (Å²) in [6.45, 7) is 3.56. The minimum atomic E-state index is 0.277. The van der Waals surface area contributed by atoms with Gasteiger partial charge in [0.1, 0.15) is 5.75 Å². The summed E-state index contributed by atoms with van der Waals surface area (Å²) in [5.74, 6) is 2.74. The molecule has 1 fully saturated rings. The van der Waals surface area contributed by atoms with Gasteiger partial charge in [-0.25, -0.2) is 0 Å². The van der Waals surface area contributed by atoms with Gasteiger partial charge in [0.05, 0.1) is 34.0 Å². The highest BCUT2D eigenvalue weighted by atomic mass is 16.5. The van der Waals surface area contributed by atoms with E-state index in [0.717, 1.165) is 49.7 Å². The van der Waals surface area contributed by atoms with Crippen molar-refractivity contribution in [3.63, 3.8) is 0 Å². The smallest absolute Gasteiger partial charge is 0.191 e. The van der Waals surface area contributed by atoms with Crippen molar-refractivity contribution in [1.29, 1.82) is 0 Å². The number of nitrogens with zero attached hydrogens (tertiary/aromatic N) is 1. The highest BCUT2D eigenvalue weighted by molar-refractivity contribution is 5.79. The Labute approximate surface area is 167 Å². The molecule has 2 N–H and O–H groups in total. The molecule has 1 aliphatic heterocycles. The van der Waals surface area contributed by atoms with Gasteiger partial charge < -0.3 is 34.3 Å². The first kappa shape index (κ1) is 22.1. The highest BCUT2D eigenvalue weighted by Crippen LogP contribution is 2.34. The molecule has 0 amide bonds. The third kappa shape index (κ3) is 6.76. The first-order chi connectivity index (χ1) is 13.7. The van der Waals surface area contributed by atoms with Crippen LogP contribution >= 0.6 is 0 Å². The molecule has 1 aliphatic rings. The molecule has 0 aliphatic carbocycles. The zero-order chi connectivity index (χ0) is 20.2. The number of benzene rings is 1. The number of nitrogens with one attached hydrogen (secondary N) is 2. The molecule has 1 saturated heterocycles. The van der Waals surface area contributed by atoms with Gasteiger partial charge in [-0.15, -0.1) is 0 Å². The number of ether oxygens (including phenoxy) is 5. The van der Waals surface area contributed by atoms with Crippen LogP contribution in [0.5, 0.6) is 17.2 Å². The van der Waals surface area contributed by atoms with Crippen LogP contribution in [0.3, 0.4) is 0 Å². The monoisotopic (exact) mass is 395 g/mol. The van der Waals surface area contributed by atoms with Crippen LogP contribution in [0.2, 0.25) is 0 Å². The van der Waals surface area contributed by atoms with Gasteiger partial charge in [-0.3, -0.25) is 4.99 Å². The van der Waals surface area contributed by atoms with Crippen LogP contribution in [0.1, 0.15) is 24.8 Å². The molecule has 0 bridgehead atoms. The maximum atomic E-state index is 5.67. The van der Waals surface area contributed by atoms with Crippen molar-refractivity contribution >= 4 is 5.96 Å². The van der Waals surface area contributed by atoms with Gasteiger partial charge in [-0.2, -0.15) is 0 Å². The quantitative estimate of drug-likeness (QED) is 0.337. The summed E-state index contributed by atoms with van der Waals surface area (Å²) < 4.78 is 27.4. The van der Waals surface area contributed by atoms with Crippen molar-refractivity contribution in [3.8, 4) is 17.2 Å². The van der Waals surface area contributed by atoms with Gasteiger partial charge in [-0.05, 0) is 25.3 Å². The van der Waals surface area contributed by atoms with Crippen LogP contribution in [-0.2, 0) is 16.0 Å². The van der Waals surface area contributed by atoms with Crippen molar-refractivity contribution in [3.05, 3.63) is 17.7 Å². The van der Waals surface area contributed by atoms with E-state index in [4.69, 9.17) is 23.7 Å². The minimum Gasteiger partial charge on any atom is -0.496 e. The zero-order valence-corrected chi connectivity index (χ0v) is 17.4. The summed E-state index contributed by atoms with van der Waals surface area (Å²) >= 11 is 0. The molecule has 1 aromatic rings. The third-order valence-corrected chi connectivity index (χ3v) is 4.54. The van der Waals surface area contributed by atoms with Crippen LogP contribution in [0.25, 0.3) is 0 Å². The fourth-order valence-corrected chi connectivity index (χ4v) is 3.00. The number of aliphatic imine (C=N–C) groups is 1. The summed E-state index contributed by atoms with van der Waals surface area (Å²) in [5.41, 5.74) is 0.947. The lowest BCUT2D eigenvalue weighted by Crippen LogP contribution is -2.37. The minimum absolute atomic E-state index is 0.277. The summed E-state index contributed by atoms with van der Waals surface area (Å²) in [7, 11) is 6.60. The molecule has 8 heteroatoms. The second-order valence-corrected chi connectivity index (χ2v) is 6.44. The first-order valence-corrected chi connectivity index (χ1v) is 9.64. The standard InChI is InChI=1S/C20H33N3O5/c1-21-20(22-8-6-9-27-14-16-7-5-10-28-16)23-13-15-11-18(25-3)19(26-4)12-17(15)24-2/h11-12,16H,5-10,13-14H2,1-4H3,(H2,21,22,23). The van der Waals surface area contributed by atoms with Crippen LogP contribution in [0.15, 0.2) is 17.1 Å². The SMILES string of the molecule is CN=C(NCCCOCC1CCCO1)NCc1cc(OC)c(OC)cc1OC. The number of rotatable bonds is 11. The van der Waals surface area contributed by atoms with Crippen LogP contribution < -0.4 is 24.8 Å². The van der Waals surface area contributed by atoms with Gasteiger partial charge in [0, 0.05) is 45.0 Å². The van der Waals surface area contributed by atoms with E-state index in [1.165, 1.54) is 0 Å². The van der Waals surface area contributed by atoms with E-state index in [2.05, 4.69) is 15.6 Å². The van der Waals surface area contributed by atoms with Crippen molar-refractivity contribution in [2.75, 3.05) is 54.7 Å². The molecule has 0 radical (unpaired) electrons. The van der Waals surface area contributed by atoms with Gasteiger partial charge >= 0.3 is 0 Å². The molecular weight excluding hydrogens is 362 g/mol. The van der Waals surface area contributed by atoms with Crippen molar-refractivity contribution in [2.24, 2.45) is 4.99 Å². The lowest BCUT2D eigenvalue weighted by Gasteiger charge is -2.16. The highest BCUT2D eigenvalue weighted by Gasteiger charge is 2.15. The molecule has 1 atom stereocenters. The molecule has 1 heterocycles. The van der Waals surface area contributed by atoms with Crippen LogP contribution in [0.4, 0.5) is 0 Å². The van der Waals surface area contributed by atoms with E-state index >= 15 is 0 Å². The van der Waals surface area contributed by atoms with E-state index < -0.39 is 0 Å². The molecule has 1 aromatic carbocycles. The second-order valence-electron chi connectivity index (χ2n) is 6.44. The Morgan fingerprint density at radius 3 is 2.50 bits per heavy atom. The third-order valence-electron chi connectivity index (χ3n) is 4.54. The number of methoxy groups -OCH3 is 3. The van der Waals surface area contributed by atoms with E-state index in [-0.39, 0.29) is 6.10 Å². The van der Waals surface area contributed by atoms with E-state index in [1.807, 2.05) is 12.1 Å². The summed E-state index contributed by atoms with van der Waals surface area (Å²) in [5, 5.41) is 6.57. The number of hydrogen-bond acceptors (Lipinski definition) is 6. The van der Waals surface area contributed by atoms with E-state index in [9.17, 15) is 0 Å². The van der Waals surface area contributed by atoms with E-state index in [0.29, 0.717) is 31.3 Å². The molecule has 0 spiro atoms. The van der Waals surface area contributed by atoms with Gasteiger partial charge in [0.15, 0.2) is 17.5 Å². The maximum Gasteiger partial charge on any atom is 0.191 e. The Kier molecular flexibility index (Phi) is 9.71. The Morgan fingerprint density at radius 1 is 1.11 bits per heavy atom. The van der Waals surface area contributed by atoms with Gasteiger partial charge in [0.2, 0.25) is 0 Å². The fraction of sp³-hybridized carbons (Fsp3) is 0.650. The second kappa shape index (κ2) is 12.3. The van der Waals surface area contributed by atoms with Crippen LogP contribution in [0, 0.1) is 0 Å². The Morgan fingerprint density at radius 2 is 1.86 bits per heavy atom. The molecule has 158 valence electrons. The molecule has 2 rings (SSSR count). The van der Waals surface area contributed by atoms with Gasteiger partial charge in [-0.1, -0.05) is 0 Å². The largest absolute Gasteiger partial charge is 0.496 e. The van der Waals surface area contributed by atoms with Crippen molar-refractivity contribution in [1.82, 2.24) is 10.6 Å². The molecule has 1 unspecified atom stereocenters. The number of hydrogen-bond donors (Lipinski definition) is 2. The summed E-state index contributed by atoms with van der Waals surface area (Å²) in [6, 6.07) is 3.72. The fourth-order valence-electron chi connectivity index (χ4n) is 3.00. The van der Waals surface area contributed by atoms with Crippen molar-refractivity contribution < 1.29 is 23.7 Å². The first-order valence-electron chi connectivity index (χ1n) is 9.64. The topological polar surface area (TPSA) is 82.6 Å². The van der Waals surface area contributed by atoms with Crippen molar-refractivity contribution in [2.45, 2.75) is 31.9 Å². The maximum absolute atomic E-state index is 5.67. The predicted octanol–water partition coefficient (Wildman–Crippen LogP) is 1.96. The van der Waals surface area contributed by atoms with Gasteiger partial charge in [0.25, 0.3) is 0 Å². The lowest BCUT2D eigenvalue weighted by atomic mass is 10.1. The molecule has 0 saturated carbocycles. The normalized spacial score (nSPS) is 16.7. The summed E-state index contributed by atoms with van der Waals surface area (Å²) in [4.78, 5) is 4.25. The molecule has 0 aromatic heterocycles. The average molecular weight is 396 g/mol. The van der Waals surface area contributed by atoms with E-state index in [1.54, 1.807) is 28.4 Å². The molecular formula is C20H33N3O5. The molecule has 28 heavy (non-hydrogen) atoms. The lowest BCUT2D eigenvalue weighted by molar-refractivity contribution is 0.0168. The Hall–Kier alpha value is -2.19. The predicted molar refractivity (Wildman–Crippen MR) is 109 cm³/mol. The van der Waals surface area contributed by atoms with Crippen LogP contribution in [-0.4, -0.2) is 66.8 Å².